The minimum Gasteiger partial charge on any atom is -0.366 e. The number of rotatable bonds is 4. The number of hydrogen-bond donors (Lipinski definition) is 2. The van der Waals surface area contributed by atoms with E-state index in [2.05, 4.69) is 15.5 Å². The Labute approximate surface area is 141 Å². The van der Waals surface area contributed by atoms with Crippen LogP contribution >= 0.6 is 0 Å². The summed E-state index contributed by atoms with van der Waals surface area (Å²) in [6.45, 7) is 2.75. The summed E-state index contributed by atoms with van der Waals surface area (Å²) in [6.07, 6.45) is 4.58. The zero-order valence-electron chi connectivity index (χ0n) is 14.0. The topological polar surface area (TPSA) is 87.5 Å². The van der Waals surface area contributed by atoms with Gasteiger partial charge in [-0.1, -0.05) is 0 Å². The van der Waals surface area contributed by atoms with Crippen LogP contribution < -0.4 is 15.5 Å². The van der Waals surface area contributed by atoms with Crippen molar-refractivity contribution in [3.63, 3.8) is 0 Å². The molecular formula is C17H24N4O3. The highest BCUT2D eigenvalue weighted by Gasteiger charge is 2.30. The van der Waals surface area contributed by atoms with E-state index < -0.39 is 4.92 Å². The van der Waals surface area contributed by atoms with Gasteiger partial charge in [0.05, 0.1) is 4.92 Å². The quantitative estimate of drug-likeness (QED) is 0.650. The molecule has 0 radical (unpaired) electrons. The largest absolute Gasteiger partial charge is 0.366 e. The SMILES string of the molecule is CNC(=O)c1ccc(N2CCC(C3CCCN3)CC2)c([N+](=O)[O-])c1. The Morgan fingerprint density at radius 1 is 1.33 bits per heavy atom. The molecule has 1 aromatic carbocycles. The van der Waals surface area contributed by atoms with Gasteiger partial charge in [-0.3, -0.25) is 14.9 Å². The third-order valence-electron chi connectivity index (χ3n) is 5.21. The summed E-state index contributed by atoms with van der Waals surface area (Å²) in [5.74, 6) is 0.351. The summed E-state index contributed by atoms with van der Waals surface area (Å²) < 4.78 is 0. The first-order chi connectivity index (χ1) is 11.6. The number of carbonyl (C=O) groups excluding carboxylic acids is 1. The highest BCUT2D eigenvalue weighted by atomic mass is 16.6. The highest BCUT2D eigenvalue weighted by Crippen LogP contribution is 2.34. The van der Waals surface area contributed by atoms with Crippen molar-refractivity contribution in [2.24, 2.45) is 5.92 Å². The first-order valence-corrected chi connectivity index (χ1v) is 8.59. The smallest absolute Gasteiger partial charge is 0.293 e. The molecule has 0 bridgehead atoms. The lowest BCUT2D eigenvalue weighted by Gasteiger charge is -2.36. The lowest BCUT2D eigenvalue weighted by atomic mass is 9.88. The van der Waals surface area contributed by atoms with E-state index in [0.717, 1.165) is 32.5 Å². The number of piperidine rings is 1. The van der Waals surface area contributed by atoms with Crippen LogP contribution in [-0.4, -0.2) is 43.6 Å². The summed E-state index contributed by atoms with van der Waals surface area (Å²) in [7, 11) is 1.52. The summed E-state index contributed by atoms with van der Waals surface area (Å²) in [5, 5.41) is 17.5. The van der Waals surface area contributed by atoms with Gasteiger partial charge in [0.25, 0.3) is 11.6 Å². The highest BCUT2D eigenvalue weighted by molar-refractivity contribution is 5.95. The first kappa shape index (κ1) is 16.7. The fraction of sp³-hybridized carbons (Fsp3) is 0.588. The van der Waals surface area contributed by atoms with E-state index in [1.54, 1.807) is 12.1 Å². The van der Waals surface area contributed by atoms with Crippen LogP contribution in [0.25, 0.3) is 0 Å². The molecule has 24 heavy (non-hydrogen) atoms. The molecule has 0 aliphatic carbocycles. The van der Waals surface area contributed by atoms with Crippen LogP contribution in [0.5, 0.6) is 0 Å². The lowest BCUT2D eigenvalue weighted by molar-refractivity contribution is -0.384. The molecule has 3 rings (SSSR count). The minimum atomic E-state index is -0.396. The van der Waals surface area contributed by atoms with Crippen LogP contribution in [0, 0.1) is 16.0 Å². The Morgan fingerprint density at radius 2 is 2.08 bits per heavy atom. The number of nitro benzene ring substituents is 1. The van der Waals surface area contributed by atoms with E-state index in [1.807, 2.05) is 0 Å². The minimum absolute atomic E-state index is 0.00791. The van der Waals surface area contributed by atoms with Crippen molar-refractivity contribution in [1.82, 2.24) is 10.6 Å². The average molecular weight is 332 g/mol. The second kappa shape index (κ2) is 7.17. The number of anilines is 1. The predicted molar refractivity (Wildman–Crippen MR) is 92.4 cm³/mol. The van der Waals surface area contributed by atoms with Crippen LogP contribution in [0.4, 0.5) is 11.4 Å². The Bertz CT molecular complexity index is 620. The van der Waals surface area contributed by atoms with Gasteiger partial charge in [-0.2, -0.15) is 0 Å². The molecule has 7 nitrogen and oxygen atoms in total. The van der Waals surface area contributed by atoms with Gasteiger partial charge in [-0.25, -0.2) is 0 Å². The van der Waals surface area contributed by atoms with Gasteiger partial charge in [0.2, 0.25) is 0 Å². The third kappa shape index (κ3) is 3.36. The molecule has 0 aromatic heterocycles. The molecule has 0 saturated carbocycles. The number of nitrogens with one attached hydrogen (secondary N) is 2. The van der Waals surface area contributed by atoms with E-state index in [0.29, 0.717) is 23.2 Å². The number of hydrogen-bond acceptors (Lipinski definition) is 5. The van der Waals surface area contributed by atoms with E-state index in [1.165, 1.54) is 26.0 Å². The zero-order chi connectivity index (χ0) is 17.1. The van der Waals surface area contributed by atoms with Gasteiger partial charge >= 0.3 is 0 Å². The molecule has 130 valence electrons. The van der Waals surface area contributed by atoms with Gasteiger partial charge in [-0.15, -0.1) is 0 Å². The maximum absolute atomic E-state index is 11.7. The third-order valence-corrected chi connectivity index (χ3v) is 5.21. The Kier molecular flexibility index (Phi) is 4.99. The summed E-state index contributed by atoms with van der Waals surface area (Å²) in [6, 6.07) is 5.35. The summed E-state index contributed by atoms with van der Waals surface area (Å²) >= 11 is 0. The first-order valence-electron chi connectivity index (χ1n) is 8.59. The zero-order valence-corrected chi connectivity index (χ0v) is 14.0. The van der Waals surface area contributed by atoms with Crippen LogP contribution in [0.3, 0.4) is 0 Å². The fourth-order valence-electron chi connectivity index (χ4n) is 3.88. The molecule has 2 aliphatic heterocycles. The molecule has 2 saturated heterocycles. The molecule has 1 amide bonds. The Balaban J connectivity index is 1.74. The van der Waals surface area contributed by atoms with Gasteiger partial charge in [0.15, 0.2) is 0 Å². The molecule has 1 unspecified atom stereocenters. The number of benzene rings is 1. The van der Waals surface area contributed by atoms with E-state index in [9.17, 15) is 14.9 Å². The molecule has 2 N–H and O–H groups in total. The van der Waals surface area contributed by atoms with Crippen LogP contribution in [-0.2, 0) is 0 Å². The maximum Gasteiger partial charge on any atom is 0.293 e. The van der Waals surface area contributed by atoms with Crippen LogP contribution in [0.15, 0.2) is 18.2 Å². The van der Waals surface area contributed by atoms with Crippen LogP contribution in [0.1, 0.15) is 36.0 Å². The molecule has 2 fully saturated rings. The number of nitrogens with zero attached hydrogens (tertiary/aromatic N) is 2. The van der Waals surface area contributed by atoms with E-state index >= 15 is 0 Å². The maximum atomic E-state index is 11.7. The normalized spacial score (nSPS) is 21.7. The second-order valence-corrected chi connectivity index (χ2v) is 6.57. The predicted octanol–water partition coefficient (Wildman–Crippen LogP) is 1.92. The Morgan fingerprint density at radius 3 is 2.67 bits per heavy atom. The van der Waals surface area contributed by atoms with Crippen molar-refractivity contribution in [2.75, 3.05) is 31.6 Å². The van der Waals surface area contributed by atoms with Crippen molar-refractivity contribution in [3.05, 3.63) is 33.9 Å². The average Bonchev–Trinajstić information content (AvgIpc) is 3.15. The van der Waals surface area contributed by atoms with Gasteiger partial charge in [0.1, 0.15) is 5.69 Å². The standard InChI is InChI=1S/C17H24N4O3/c1-18-17(22)13-4-5-15(16(11-13)21(23)24)20-9-6-12(7-10-20)14-3-2-8-19-14/h4-5,11-12,14,19H,2-3,6-10H2,1H3,(H,18,22). The van der Waals surface area contributed by atoms with E-state index in [-0.39, 0.29) is 11.6 Å². The molecule has 2 heterocycles. The molecule has 1 atom stereocenters. The van der Waals surface area contributed by atoms with Crippen molar-refractivity contribution < 1.29 is 9.72 Å². The Hall–Kier alpha value is -2.15. The van der Waals surface area contributed by atoms with Gasteiger partial charge in [0, 0.05) is 37.8 Å². The monoisotopic (exact) mass is 332 g/mol. The molecular weight excluding hydrogens is 308 g/mol. The van der Waals surface area contributed by atoms with Gasteiger partial charge < -0.3 is 15.5 Å². The van der Waals surface area contributed by atoms with Gasteiger partial charge in [-0.05, 0) is 50.3 Å². The molecule has 7 heteroatoms. The summed E-state index contributed by atoms with van der Waals surface area (Å²) in [4.78, 5) is 24.8. The summed E-state index contributed by atoms with van der Waals surface area (Å²) in [5.41, 5.74) is 0.942. The second-order valence-electron chi connectivity index (χ2n) is 6.57. The molecule has 2 aliphatic rings. The van der Waals surface area contributed by atoms with Crippen LogP contribution in [0.2, 0.25) is 0 Å². The number of carbonyl (C=O) groups is 1. The number of nitro groups is 1. The molecule has 1 aromatic rings. The molecule has 0 spiro atoms. The fourth-order valence-corrected chi connectivity index (χ4v) is 3.88. The van der Waals surface area contributed by atoms with E-state index in [4.69, 9.17) is 0 Å². The lowest BCUT2D eigenvalue weighted by Crippen LogP contribution is -2.41. The van der Waals surface area contributed by atoms with Crippen molar-refractivity contribution >= 4 is 17.3 Å². The number of amides is 1. The van der Waals surface area contributed by atoms with Crippen molar-refractivity contribution in [1.29, 1.82) is 0 Å². The van der Waals surface area contributed by atoms with Crippen molar-refractivity contribution in [2.45, 2.75) is 31.7 Å². The van der Waals surface area contributed by atoms with Crippen molar-refractivity contribution in [3.8, 4) is 0 Å².